The number of hydrogen-bond donors (Lipinski definition) is 2. The van der Waals surface area contributed by atoms with Gasteiger partial charge in [0.1, 0.15) is 0 Å². The van der Waals surface area contributed by atoms with Crippen LogP contribution in [-0.4, -0.2) is 50.4 Å². The predicted octanol–water partition coefficient (Wildman–Crippen LogP) is 1.31. The molecule has 0 radical (unpaired) electrons. The van der Waals surface area contributed by atoms with Crippen LogP contribution in [0.1, 0.15) is 36.0 Å². The van der Waals surface area contributed by atoms with Gasteiger partial charge in [-0.25, -0.2) is 13.1 Å². The summed E-state index contributed by atoms with van der Waals surface area (Å²) < 4.78 is 25.6. The molecule has 0 aliphatic carbocycles. The van der Waals surface area contributed by atoms with E-state index < -0.39 is 16.0 Å². The van der Waals surface area contributed by atoms with Crippen molar-refractivity contribution in [1.82, 2.24) is 9.62 Å². The summed E-state index contributed by atoms with van der Waals surface area (Å²) in [4.78, 5) is 25.1. The quantitative estimate of drug-likeness (QED) is 0.802. The Morgan fingerprint density at radius 2 is 1.96 bits per heavy atom. The maximum atomic E-state index is 12.6. The third kappa shape index (κ3) is 4.55. The first kappa shape index (κ1) is 18.4. The number of likely N-dealkylation sites (tertiary alicyclic amines) is 1. The number of amides is 1. The van der Waals surface area contributed by atoms with Crippen molar-refractivity contribution >= 4 is 21.9 Å². The number of aliphatic carboxylic acids is 1. The maximum absolute atomic E-state index is 12.6. The zero-order chi connectivity index (χ0) is 17.7. The molecule has 1 heterocycles. The number of carboxylic acid groups (broad SMARTS) is 1. The summed E-state index contributed by atoms with van der Waals surface area (Å²) in [6, 6.07) is 5.83. The molecule has 0 saturated carbocycles. The minimum absolute atomic E-state index is 0.111. The predicted molar refractivity (Wildman–Crippen MR) is 88.2 cm³/mol. The number of sulfonamides is 1. The van der Waals surface area contributed by atoms with E-state index in [1.807, 2.05) is 0 Å². The molecule has 1 atom stereocenters. The van der Waals surface area contributed by atoms with E-state index in [4.69, 9.17) is 5.11 Å². The summed E-state index contributed by atoms with van der Waals surface area (Å²) in [6.07, 6.45) is 2.46. The molecule has 1 aromatic rings. The molecule has 24 heavy (non-hydrogen) atoms. The first-order valence-electron chi connectivity index (χ1n) is 7.88. The molecule has 0 aromatic heterocycles. The Kier molecular flexibility index (Phi) is 5.95. The number of carbonyl (C=O) groups is 2. The molecule has 132 valence electrons. The lowest BCUT2D eigenvalue weighted by molar-refractivity contribution is -0.137. The molecular formula is C16H22N2O5S. The molecule has 0 spiro atoms. The molecule has 1 unspecified atom stereocenters. The lowest BCUT2D eigenvalue weighted by Crippen LogP contribution is -2.40. The Labute approximate surface area is 141 Å². The van der Waals surface area contributed by atoms with Crippen molar-refractivity contribution in [3.63, 3.8) is 0 Å². The Bertz CT molecular complexity index is 700. The molecule has 2 rings (SSSR count). The molecule has 2 N–H and O–H groups in total. The van der Waals surface area contributed by atoms with E-state index in [0.717, 1.165) is 12.8 Å². The van der Waals surface area contributed by atoms with E-state index in [0.29, 0.717) is 25.1 Å². The summed E-state index contributed by atoms with van der Waals surface area (Å²) in [7, 11) is -2.19. The van der Waals surface area contributed by atoms with Crippen LogP contribution in [0.5, 0.6) is 0 Å². The number of piperidine rings is 1. The number of benzene rings is 1. The summed E-state index contributed by atoms with van der Waals surface area (Å²) in [5, 5.41) is 8.77. The fourth-order valence-corrected chi connectivity index (χ4v) is 3.62. The van der Waals surface area contributed by atoms with Crippen LogP contribution in [0.3, 0.4) is 0 Å². The smallest absolute Gasteiger partial charge is 0.303 e. The second-order valence-corrected chi connectivity index (χ2v) is 7.81. The fourth-order valence-electron chi connectivity index (χ4n) is 2.89. The Hall–Kier alpha value is -1.93. The second-order valence-electron chi connectivity index (χ2n) is 5.92. The lowest BCUT2D eigenvalue weighted by atomic mass is 9.93. The van der Waals surface area contributed by atoms with Crippen LogP contribution in [0, 0.1) is 5.92 Å². The Morgan fingerprint density at radius 3 is 2.54 bits per heavy atom. The third-order valence-electron chi connectivity index (χ3n) is 4.25. The largest absolute Gasteiger partial charge is 0.481 e. The average molecular weight is 354 g/mol. The van der Waals surface area contributed by atoms with Crippen LogP contribution in [0.15, 0.2) is 29.2 Å². The van der Waals surface area contributed by atoms with Crippen LogP contribution in [-0.2, 0) is 14.8 Å². The number of carboxylic acids is 1. The van der Waals surface area contributed by atoms with Gasteiger partial charge in [0.05, 0.1) is 4.90 Å². The highest BCUT2D eigenvalue weighted by Crippen LogP contribution is 2.23. The normalized spacial score (nSPS) is 18.4. The number of rotatable bonds is 6. The molecule has 1 aliphatic rings. The molecule has 1 fully saturated rings. The zero-order valence-corrected chi connectivity index (χ0v) is 14.4. The highest BCUT2D eigenvalue weighted by molar-refractivity contribution is 7.89. The minimum Gasteiger partial charge on any atom is -0.481 e. The fraction of sp³-hybridized carbons (Fsp3) is 0.500. The SMILES string of the molecule is CNS(=O)(=O)c1ccc(C(=O)N2CCCC(CCC(=O)O)C2)cc1. The monoisotopic (exact) mass is 354 g/mol. The van der Waals surface area contributed by atoms with E-state index in [1.165, 1.54) is 31.3 Å². The number of nitrogens with zero attached hydrogens (tertiary/aromatic N) is 1. The number of carbonyl (C=O) groups excluding carboxylic acids is 1. The second kappa shape index (κ2) is 7.76. The zero-order valence-electron chi connectivity index (χ0n) is 13.6. The summed E-state index contributed by atoms with van der Waals surface area (Å²) in [6.45, 7) is 1.18. The van der Waals surface area contributed by atoms with Crippen molar-refractivity contribution in [3.8, 4) is 0 Å². The molecule has 1 aliphatic heterocycles. The van der Waals surface area contributed by atoms with Gasteiger partial charge in [-0.1, -0.05) is 0 Å². The third-order valence-corrected chi connectivity index (χ3v) is 5.68. The molecule has 8 heteroatoms. The first-order valence-corrected chi connectivity index (χ1v) is 9.36. The number of hydrogen-bond acceptors (Lipinski definition) is 4. The lowest BCUT2D eigenvalue weighted by Gasteiger charge is -2.32. The maximum Gasteiger partial charge on any atom is 0.303 e. The van der Waals surface area contributed by atoms with Gasteiger partial charge in [-0.15, -0.1) is 0 Å². The standard InChI is InChI=1S/C16H22N2O5S/c1-17-24(22,23)14-7-5-13(6-8-14)16(21)18-10-2-3-12(11-18)4-9-15(19)20/h5-8,12,17H,2-4,9-11H2,1H3,(H,19,20). The Morgan fingerprint density at radius 1 is 1.29 bits per heavy atom. The molecule has 7 nitrogen and oxygen atoms in total. The Balaban J connectivity index is 2.04. The molecule has 1 aromatic carbocycles. The van der Waals surface area contributed by atoms with Crippen molar-refractivity contribution in [2.75, 3.05) is 20.1 Å². The van der Waals surface area contributed by atoms with Crippen LogP contribution in [0.4, 0.5) is 0 Å². The van der Waals surface area contributed by atoms with Crippen molar-refractivity contribution in [3.05, 3.63) is 29.8 Å². The van der Waals surface area contributed by atoms with Crippen molar-refractivity contribution < 1.29 is 23.1 Å². The van der Waals surface area contributed by atoms with Crippen LogP contribution >= 0.6 is 0 Å². The van der Waals surface area contributed by atoms with Crippen LogP contribution < -0.4 is 4.72 Å². The van der Waals surface area contributed by atoms with E-state index in [1.54, 1.807) is 4.90 Å². The summed E-state index contributed by atoms with van der Waals surface area (Å²) in [5.41, 5.74) is 0.434. The van der Waals surface area contributed by atoms with Gasteiger partial charge >= 0.3 is 5.97 Å². The number of nitrogens with one attached hydrogen (secondary N) is 1. The van der Waals surface area contributed by atoms with Gasteiger partial charge in [0, 0.05) is 25.1 Å². The highest BCUT2D eigenvalue weighted by Gasteiger charge is 2.25. The molecular weight excluding hydrogens is 332 g/mol. The molecule has 1 saturated heterocycles. The van der Waals surface area contributed by atoms with Crippen molar-refractivity contribution in [2.24, 2.45) is 5.92 Å². The topological polar surface area (TPSA) is 104 Å². The van der Waals surface area contributed by atoms with E-state index in [9.17, 15) is 18.0 Å². The highest BCUT2D eigenvalue weighted by atomic mass is 32.2. The summed E-state index contributed by atoms with van der Waals surface area (Å²) in [5.74, 6) is -0.772. The summed E-state index contributed by atoms with van der Waals surface area (Å²) >= 11 is 0. The van der Waals surface area contributed by atoms with Gasteiger partial charge < -0.3 is 10.0 Å². The van der Waals surface area contributed by atoms with Gasteiger partial charge in [-0.3, -0.25) is 9.59 Å². The van der Waals surface area contributed by atoms with Crippen LogP contribution in [0.25, 0.3) is 0 Å². The van der Waals surface area contributed by atoms with Gasteiger partial charge in [0.2, 0.25) is 10.0 Å². The van der Waals surface area contributed by atoms with Gasteiger partial charge in [0.25, 0.3) is 5.91 Å². The first-order chi connectivity index (χ1) is 11.3. The van der Waals surface area contributed by atoms with Gasteiger partial charge in [-0.2, -0.15) is 0 Å². The van der Waals surface area contributed by atoms with Crippen molar-refractivity contribution in [1.29, 1.82) is 0 Å². The molecule has 0 bridgehead atoms. The van der Waals surface area contributed by atoms with E-state index in [2.05, 4.69) is 4.72 Å². The van der Waals surface area contributed by atoms with E-state index >= 15 is 0 Å². The van der Waals surface area contributed by atoms with E-state index in [-0.39, 0.29) is 23.1 Å². The minimum atomic E-state index is -3.52. The average Bonchev–Trinajstić information content (AvgIpc) is 2.59. The van der Waals surface area contributed by atoms with Crippen molar-refractivity contribution in [2.45, 2.75) is 30.6 Å². The molecule has 1 amide bonds. The van der Waals surface area contributed by atoms with Crippen LogP contribution in [0.2, 0.25) is 0 Å². The van der Waals surface area contributed by atoms with Gasteiger partial charge in [0.15, 0.2) is 0 Å². The van der Waals surface area contributed by atoms with Gasteiger partial charge in [-0.05, 0) is 56.5 Å².